The molecule has 0 atom stereocenters. The second-order valence-electron chi connectivity index (χ2n) is 5.74. The number of carbonyl (C=O) groups excluding carboxylic acids is 3. The van der Waals surface area contributed by atoms with E-state index >= 15 is 0 Å². The molecule has 6 nitrogen and oxygen atoms in total. The van der Waals surface area contributed by atoms with E-state index in [1.54, 1.807) is 0 Å². The molecule has 0 aromatic carbocycles. The van der Waals surface area contributed by atoms with Gasteiger partial charge in [0.15, 0.2) is 12.4 Å². The highest BCUT2D eigenvalue weighted by Crippen LogP contribution is 2.22. The summed E-state index contributed by atoms with van der Waals surface area (Å²) in [7, 11) is 0. The second-order valence-corrected chi connectivity index (χ2v) is 5.74. The van der Waals surface area contributed by atoms with Crippen molar-refractivity contribution in [2.75, 3.05) is 13.2 Å². The molecule has 120 valence electrons. The zero-order chi connectivity index (χ0) is 15.9. The van der Waals surface area contributed by atoms with Crippen molar-refractivity contribution in [3.63, 3.8) is 0 Å². The Morgan fingerprint density at radius 1 is 1.27 bits per heavy atom. The number of nitrogens with one attached hydrogen (secondary N) is 2. The van der Waals surface area contributed by atoms with Gasteiger partial charge in [-0.15, -0.1) is 0 Å². The van der Waals surface area contributed by atoms with Crippen molar-refractivity contribution >= 4 is 17.7 Å². The maximum atomic E-state index is 11.7. The molecule has 1 aromatic rings. The lowest BCUT2D eigenvalue weighted by atomic mass is 9.89. The molecule has 1 aromatic heterocycles. The molecule has 0 radical (unpaired) electrons. The van der Waals surface area contributed by atoms with Gasteiger partial charge in [-0.2, -0.15) is 0 Å². The topological polar surface area (TPSA) is 88.3 Å². The molecule has 1 amide bonds. The third-order valence-electron chi connectivity index (χ3n) is 3.96. The summed E-state index contributed by atoms with van der Waals surface area (Å²) in [6.07, 6.45) is 7.47. The summed E-state index contributed by atoms with van der Waals surface area (Å²) in [5, 5.41) is 2.80. The molecule has 0 spiro atoms. The summed E-state index contributed by atoms with van der Waals surface area (Å²) < 4.78 is 4.93. The summed E-state index contributed by atoms with van der Waals surface area (Å²) in [5.41, 5.74) is 0.582. The molecule has 1 fully saturated rings. The number of Topliss-reactive ketones (excluding diaryl/α,β-unsaturated/α-hetero) is 1. The normalized spacial score (nSPS) is 15.3. The number of hydrogen-bond acceptors (Lipinski definition) is 4. The van der Waals surface area contributed by atoms with E-state index in [0.29, 0.717) is 18.0 Å². The van der Waals surface area contributed by atoms with Crippen LogP contribution < -0.4 is 5.32 Å². The minimum Gasteiger partial charge on any atom is -0.451 e. The fourth-order valence-corrected chi connectivity index (χ4v) is 2.62. The highest BCUT2D eigenvalue weighted by Gasteiger charge is 2.16. The number of ketones is 1. The van der Waals surface area contributed by atoms with Crippen molar-refractivity contribution in [2.45, 2.75) is 39.0 Å². The van der Waals surface area contributed by atoms with E-state index in [0.717, 1.165) is 12.8 Å². The van der Waals surface area contributed by atoms with E-state index in [-0.39, 0.29) is 24.0 Å². The number of esters is 1. The van der Waals surface area contributed by atoms with Crippen LogP contribution in [-0.4, -0.2) is 35.8 Å². The number of hydrogen-bond donors (Lipinski definition) is 2. The molecule has 1 aliphatic rings. The van der Waals surface area contributed by atoms with Crippen molar-refractivity contribution in [1.82, 2.24) is 10.3 Å². The standard InChI is InChI=1S/C16H22N2O4/c1-11(19)13-7-14(17-9-13)16(21)22-10-15(20)18-8-12-5-3-2-4-6-12/h7,9,12,17H,2-6,8,10H2,1H3,(H,18,20). The Kier molecular flexibility index (Phi) is 5.75. The fraction of sp³-hybridized carbons (Fsp3) is 0.562. The lowest BCUT2D eigenvalue weighted by Gasteiger charge is -2.21. The molecule has 1 aliphatic carbocycles. The Morgan fingerprint density at radius 2 is 2.00 bits per heavy atom. The van der Waals surface area contributed by atoms with Crippen molar-refractivity contribution < 1.29 is 19.1 Å². The highest BCUT2D eigenvalue weighted by molar-refractivity contribution is 5.97. The van der Waals surface area contributed by atoms with Gasteiger partial charge in [0.05, 0.1) is 0 Å². The van der Waals surface area contributed by atoms with Crippen molar-refractivity contribution in [1.29, 1.82) is 0 Å². The summed E-state index contributed by atoms with van der Waals surface area (Å²) in [6, 6.07) is 1.42. The zero-order valence-electron chi connectivity index (χ0n) is 12.8. The Balaban J connectivity index is 1.70. The Bertz CT molecular complexity index is 544. The van der Waals surface area contributed by atoms with Crippen LogP contribution in [0, 0.1) is 5.92 Å². The largest absolute Gasteiger partial charge is 0.451 e. The fourth-order valence-electron chi connectivity index (χ4n) is 2.62. The molecule has 1 saturated carbocycles. The number of aromatic amines is 1. The minimum absolute atomic E-state index is 0.138. The number of aromatic nitrogens is 1. The SMILES string of the molecule is CC(=O)c1c[nH]c(C(=O)OCC(=O)NCC2CCCCC2)c1. The van der Waals surface area contributed by atoms with Gasteiger partial charge >= 0.3 is 5.97 Å². The maximum Gasteiger partial charge on any atom is 0.355 e. The first kappa shape index (κ1) is 16.3. The molecule has 0 saturated heterocycles. The van der Waals surface area contributed by atoms with Crippen LogP contribution in [0.25, 0.3) is 0 Å². The van der Waals surface area contributed by atoms with Crippen LogP contribution in [-0.2, 0) is 9.53 Å². The predicted octanol–water partition coefficient (Wildman–Crippen LogP) is 2.07. The van der Waals surface area contributed by atoms with Crippen LogP contribution in [0.15, 0.2) is 12.3 Å². The van der Waals surface area contributed by atoms with E-state index in [1.807, 2.05) is 0 Å². The van der Waals surface area contributed by atoms with Crippen LogP contribution in [0.3, 0.4) is 0 Å². The van der Waals surface area contributed by atoms with Gasteiger partial charge < -0.3 is 15.0 Å². The van der Waals surface area contributed by atoms with Gasteiger partial charge in [-0.1, -0.05) is 19.3 Å². The molecule has 22 heavy (non-hydrogen) atoms. The first-order valence-corrected chi connectivity index (χ1v) is 7.69. The van der Waals surface area contributed by atoms with Crippen LogP contribution >= 0.6 is 0 Å². The molecule has 0 aliphatic heterocycles. The van der Waals surface area contributed by atoms with Gasteiger partial charge in [-0.3, -0.25) is 9.59 Å². The highest BCUT2D eigenvalue weighted by atomic mass is 16.5. The Morgan fingerprint density at radius 3 is 2.64 bits per heavy atom. The molecular formula is C16H22N2O4. The van der Waals surface area contributed by atoms with Crippen molar-refractivity contribution in [2.24, 2.45) is 5.92 Å². The van der Waals surface area contributed by atoms with Crippen LogP contribution in [0.5, 0.6) is 0 Å². The molecule has 0 bridgehead atoms. The minimum atomic E-state index is -0.639. The third kappa shape index (κ3) is 4.72. The quantitative estimate of drug-likeness (QED) is 0.622. The van der Waals surface area contributed by atoms with Gasteiger partial charge in [0.25, 0.3) is 5.91 Å². The van der Waals surface area contributed by atoms with Crippen LogP contribution in [0.1, 0.15) is 59.9 Å². The zero-order valence-corrected chi connectivity index (χ0v) is 12.8. The number of amides is 1. The van der Waals surface area contributed by atoms with E-state index < -0.39 is 5.97 Å². The van der Waals surface area contributed by atoms with E-state index in [2.05, 4.69) is 10.3 Å². The Labute approximate surface area is 129 Å². The number of H-pyrrole nitrogens is 1. The van der Waals surface area contributed by atoms with Crippen LogP contribution in [0.4, 0.5) is 0 Å². The maximum absolute atomic E-state index is 11.7. The van der Waals surface area contributed by atoms with Gasteiger partial charge in [-0.25, -0.2) is 4.79 Å². The average molecular weight is 306 g/mol. The lowest BCUT2D eigenvalue weighted by Crippen LogP contribution is -2.33. The second kappa shape index (κ2) is 7.77. The molecule has 0 unspecified atom stereocenters. The summed E-state index contributed by atoms with van der Waals surface area (Å²) in [6.45, 7) is 1.75. The predicted molar refractivity (Wildman–Crippen MR) is 80.7 cm³/mol. The number of rotatable bonds is 6. The average Bonchev–Trinajstić information content (AvgIpc) is 3.02. The number of carbonyl (C=O) groups is 3. The molecular weight excluding hydrogens is 284 g/mol. The first-order valence-electron chi connectivity index (χ1n) is 7.69. The van der Waals surface area contributed by atoms with Crippen molar-refractivity contribution in [3.8, 4) is 0 Å². The monoisotopic (exact) mass is 306 g/mol. The van der Waals surface area contributed by atoms with Gasteiger partial charge in [0.2, 0.25) is 0 Å². The van der Waals surface area contributed by atoms with E-state index in [9.17, 15) is 14.4 Å². The lowest BCUT2D eigenvalue weighted by molar-refractivity contribution is -0.124. The van der Waals surface area contributed by atoms with Gasteiger partial charge in [-0.05, 0) is 31.7 Å². The van der Waals surface area contributed by atoms with Gasteiger partial charge in [0, 0.05) is 18.3 Å². The Hall–Kier alpha value is -2.11. The number of ether oxygens (including phenoxy) is 1. The summed E-state index contributed by atoms with van der Waals surface area (Å²) in [4.78, 5) is 37.2. The van der Waals surface area contributed by atoms with Crippen LogP contribution in [0.2, 0.25) is 0 Å². The first-order chi connectivity index (χ1) is 10.6. The smallest absolute Gasteiger partial charge is 0.355 e. The third-order valence-corrected chi connectivity index (χ3v) is 3.96. The molecule has 2 rings (SSSR count). The summed E-state index contributed by atoms with van der Waals surface area (Å²) in [5.74, 6) is -0.534. The van der Waals surface area contributed by atoms with Gasteiger partial charge in [0.1, 0.15) is 5.69 Å². The summed E-state index contributed by atoms with van der Waals surface area (Å²) >= 11 is 0. The van der Waals surface area contributed by atoms with E-state index in [1.165, 1.54) is 38.4 Å². The van der Waals surface area contributed by atoms with Crippen molar-refractivity contribution in [3.05, 3.63) is 23.5 Å². The van der Waals surface area contributed by atoms with E-state index in [4.69, 9.17) is 4.74 Å². The molecule has 1 heterocycles. The molecule has 6 heteroatoms. The molecule has 2 N–H and O–H groups in total.